The quantitative estimate of drug-likeness (QED) is 0.268. The van der Waals surface area contributed by atoms with Crippen molar-refractivity contribution in [2.45, 2.75) is 24.0 Å². The number of hydrogen-bond acceptors (Lipinski definition) is 4. The van der Waals surface area contributed by atoms with Crippen LogP contribution in [0.15, 0.2) is 120 Å². The molecule has 0 aliphatic heterocycles. The van der Waals surface area contributed by atoms with E-state index >= 15 is 0 Å². The van der Waals surface area contributed by atoms with Gasteiger partial charge in [-0.05, 0) is 36.2 Å². The maximum Gasteiger partial charge on any atom is 0.297 e. The fraction of sp³-hybridized carbons (Fsp3) is 0.133. The Morgan fingerprint density at radius 1 is 0.806 bits per heavy atom. The molecule has 5 rings (SSSR count). The van der Waals surface area contributed by atoms with Crippen LogP contribution < -0.4 is 0 Å². The van der Waals surface area contributed by atoms with Crippen molar-refractivity contribution >= 4 is 21.0 Å². The van der Waals surface area contributed by atoms with Gasteiger partial charge in [-0.3, -0.25) is 4.18 Å². The Bertz CT molecular complexity index is 1560. The highest BCUT2D eigenvalue weighted by Gasteiger charge is 2.28. The molecule has 36 heavy (non-hydrogen) atoms. The topological polar surface area (TPSA) is 68.5 Å². The Hall–Kier alpha value is -3.71. The second-order valence-corrected chi connectivity index (χ2v) is 10.4. The van der Waals surface area contributed by atoms with Crippen LogP contribution in [0.1, 0.15) is 17.2 Å². The van der Waals surface area contributed by atoms with E-state index in [2.05, 4.69) is 18.2 Å². The molecule has 4 aromatic carbocycles. The van der Waals surface area contributed by atoms with Crippen molar-refractivity contribution in [1.82, 2.24) is 4.57 Å². The van der Waals surface area contributed by atoms with Crippen molar-refractivity contribution in [3.05, 3.63) is 127 Å². The molecule has 0 aliphatic carbocycles. The molecule has 0 spiro atoms. The monoisotopic (exact) mass is 497 g/mol. The van der Waals surface area contributed by atoms with Gasteiger partial charge < -0.3 is 9.67 Å². The fourth-order valence-corrected chi connectivity index (χ4v) is 5.47. The predicted molar refractivity (Wildman–Crippen MR) is 142 cm³/mol. The van der Waals surface area contributed by atoms with Gasteiger partial charge in [-0.1, -0.05) is 96.6 Å². The zero-order valence-corrected chi connectivity index (χ0v) is 20.7. The molecule has 5 nitrogen and oxygen atoms in total. The number of aliphatic hydroxyl groups is 1. The summed E-state index contributed by atoms with van der Waals surface area (Å²) in [5.74, 6) is 0. The summed E-state index contributed by atoms with van der Waals surface area (Å²) in [4.78, 5) is 0.0642. The maximum absolute atomic E-state index is 12.8. The summed E-state index contributed by atoms with van der Waals surface area (Å²) >= 11 is 0. The van der Waals surface area contributed by atoms with E-state index in [9.17, 15) is 13.5 Å². The van der Waals surface area contributed by atoms with Crippen LogP contribution in [-0.4, -0.2) is 30.8 Å². The third kappa shape index (κ3) is 4.84. The first-order chi connectivity index (χ1) is 17.4. The van der Waals surface area contributed by atoms with E-state index in [1.54, 1.807) is 12.1 Å². The van der Waals surface area contributed by atoms with Gasteiger partial charge in [0.05, 0.1) is 23.1 Å². The van der Waals surface area contributed by atoms with Gasteiger partial charge in [0.25, 0.3) is 10.1 Å². The Balaban J connectivity index is 1.54. The third-order valence-corrected chi connectivity index (χ3v) is 7.63. The van der Waals surface area contributed by atoms with E-state index in [1.165, 1.54) is 12.1 Å². The highest BCUT2D eigenvalue weighted by Crippen LogP contribution is 2.34. The molecule has 5 aromatic rings. The summed E-state index contributed by atoms with van der Waals surface area (Å²) in [5.41, 5.74) is 4.84. The van der Waals surface area contributed by atoms with Crippen LogP contribution in [0, 0.1) is 6.92 Å². The van der Waals surface area contributed by atoms with E-state index in [-0.39, 0.29) is 11.5 Å². The molecular weight excluding hydrogens is 470 g/mol. The average Bonchev–Trinajstić information content (AvgIpc) is 3.33. The Morgan fingerprint density at radius 3 is 2.17 bits per heavy atom. The van der Waals surface area contributed by atoms with E-state index in [1.807, 2.05) is 84.4 Å². The molecule has 0 amide bonds. The van der Waals surface area contributed by atoms with Crippen molar-refractivity contribution in [3.63, 3.8) is 0 Å². The van der Waals surface area contributed by atoms with Crippen LogP contribution in [0.4, 0.5) is 0 Å². The number of fused-ring (bicyclic) bond motifs is 1. The lowest BCUT2D eigenvalue weighted by atomic mass is 9.99. The number of para-hydroxylation sites is 1. The highest BCUT2D eigenvalue weighted by molar-refractivity contribution is 7.86. The van der Waals surface area contributed by atoms with Crippen LogP contribution in [-0.2, 0) is 14.3 Å². The standard InChI is InChI=1S/C30H27NO4S/c1-22-15-17-26(18-16-22)36(33,34)35-21-28(32)30(24-11-6-3-7-12-24)31-20-19-25-13-8-14-27(29(25)31)23-9-4-2-5-10-23/h2-20,28,30,32H,21H2,1H3. The van der Waals surface area contributed by atoms with E-state index < -0.39 is 22.3 Å². The van der Waals surface area contributed by atoms with Crippen LogP contribution >= 0.6 is 0 Å². The number of aromatic nitrogens is 1. The minimum atomic E-state index is -4.02. The zero-order valence-electron chi connectivity index (χ0n) is 19.9. The number of hydrogen-bond donors (Lipinski definition) is 1. The fourth-order valence-electron chi connectivity index (χ4n) is 4.54. The molecule has 0 saturated heterocycles. The number of benzene rings is 4. The first kappa shape index (κ1) is 24.0. The van der Waals surface area contributed by atoms with Crippen LogP contribution in [0.25, 0.3) is 22.0 Å². The molecule has 1 aromatic heterocycles. The molecule has 6 heteroatoms. The summed E-state index contributed by atoms with van der Waals surface area (Å²) in [5, 5.41) is 12.4. The van der Waals surface area contributed by atoms with Crippen molar-refractivity contribution < 1.29 is 17.7 Å². The lowest BCUT2D eigenvalue weighted by Crippen LogP contribution is -2.30. The molecule has 182 valence electrons. The zero-order chi connectivity index (χ0) is 25.1. The van der Waals surface area contributed by atoms with Gasteiger partial charge in [0.1, 0.15) is 6.10 Å². The first-order valence-corrected chi connectivity index (χ1v) is 13.2. The minimum absolute atomic E-state index is 0.0642. The molecule has 0 saturated carbocycles. The van der Waals surface area contributed by atoms with Gasteiger partial charge in [0, 0.05) is 17.1 Å². The predicted octanol–water partition coefficient (Wildman–Crippen LogP) is 5.97. The van der Waals surface area contributed by atoms with Crippen molar-refractivity contribution in [3.8, 4) is 11.1 Å². The van der Waals surface area contributed by atoms with Crippen LogP contribution in [0.2, 0.25) is 0 Å². The number of rotatable bonds is 8. The van der Waals surface area contributed by atoms with E-state index in [0.717, 1.165) is 33.2 Å². The maximum atomic E-state index is 12.8. The molecule has 0 aliphatic rings. The lowest BCUT2D eigenvalue weighted by Gasteiger charge is -2.27. The molecular formula is C30H27NO4S. The van der Waals surface area contributed by atoms with Crippen molar-refractivity contribution in [2.24, 2.45) is 0 Å². The van der Waals surface area contributed by atoms with Crippen LogP contribution in [0.5, 0.6) is 0 Å². The second-order valence-electron chi connectivity index (χ2n) is 8.81. The van der Waals surface area contributed by atoms with Gasteiger partial charge in [0.2, 0.25) is 0 Å². The SMILES string of the molecule is Cc1ccc(S(=O)(=O)OCC(O)C(c2ccccc2)n2ccc3cccc(-c4ccccc4)c32)cc1. The average molecular weight is 498 g/mol. The minimum Gasteiger partial charge on any atom is -0.388 e. The molecule has 2 atom stereocenters. The Labute approximate surface area is 211 Å². The molecule has 2 unspecified atom stereocenters. The van der Waals surface area contributed by atoms with Gasteiger partial charge in [-0.2, -0.15) is 8.42 Å². The summed E-state index contributed by atoms with van der Waals surface area (Å²) in [6.07, 6.45) is 0.805. The molecule has 0 bridgehead atoms. The third-order valence-electron chi connectivity index (χ3n) is 6.33. The highest BCUT2D eigenvalue weighted by atomic mass is 32.2. The smallest absolute Gasteiger partial charge is 0.297 e. The largest absolute Gasteiger partial charge is 0.388 e. The van der Waals surface area contributed by atoms with Gasteiger partial charge >= 0.3 is 0 Å². The van der Waals surface area contributed by atoms with Gasteiger partial charge in [-0.25, -0.2) is 0 Å². The van der Waals surface area contributed by atoms with Crippen molar-refractivity contribution in [2.75, 3.05) is 6.61 Å². The Morgan fingerprint density at radius 2 is 1.47 bits per heavy atom. The van der Waals surface area contributed by atoms with Crippen LogP contribution in [0.3, 0.4) is 0 Å². The Kier molecular flexibility index (Phi) is 6.74. The van der Waals surface area contributed by atoms with E-state index in [0.29, 0.717) is 0 Å². The summed E-state index contributed by atoms with van der Waals surface area (Å²) in [7, 11) is -4.02. The second kappa shape index (κ2) is 10.1. The number of aliphatic hydroxyl groups excluding tert-OH is 1. The molecule has 0 radical (unpaired) electrons. The summed E-state index contributed by atoms with van der Waals surface area (Å²) in [6, 6.07) is 33.7. The first-order valence-electron chi connectivity index (χ1n) is 11.8. The number of nitrogens with zero attached hydrogens (tertiary/aromatic N) is 1. The van der Waals surface area contributed by atoms with Crippen molar-refractivity contribution in [1.29, 1.82) is 0 Å². The summed E-state index contributed by atoms with van der Waals surface area (Å²) in [6.45, 7) is 1.50. The van der Waals surface area contributed by atoms with E-state index in [4.69, 9.17) is 4.18 Å². The number of aryl methyl sites for hydroxylation is 1. The van der Waals surface area contributed by atoms with Gasteiger partial charge in [-0.15, -0.1) is 0 Å². The normalized spacial score (nSPS) is 13.5. The van der Waals surface area contributed by atoms with Gasteiger partial charge in [0.15, 0.2) is 0 Å². The molecule has 1 N–H and O–H groups in total. The lowest BCUT2D eigenvalue weighted by molar-refractivity contribution is 0.0785. The molecule has 0 fully saturated rings. The summed E-state index contributed by atoms with van der Waals surface area (Å²) < 4.78 is 33.0. The molecule has 1 heterocycles.